The molecule has 3 fully saturated rings. The van der Waals surface area contributed by atoms with Crippen LogP contribution >= 0.6 is 0 Å². The molecule has 0 radical (unpaired) electrons. The van der Waals surface area contributed by atoms with Gasteiger partial charge in [-0.05, 0) is 112 Å². The van der Waals surface area contributed by atoms with E-state index in [0.29, 0.717) is 68.8 Å². The van der Waals surface area contributed by atoms with Gasteiger partial charge in [0, 0.05) is 109 Å². The minimum atomic E-state index is -0.476. The van der Waals surface area contributed by atoms with Gasteiger partial charge in [-0.15, -0.1) is 0 Å². The zero-order valence-electron chi connectivity index (χ0n) is 36.8. The van der Waals surface area contributed by atoms with Crippen molar-refractivity contribution in [2.45, 2.75) is 71.9 Å². The van der Waals surface area contributed by atoms with Gasteiger partial charge in [-0.25, -0.2) is 24.3 Å². The Labute approximate surface area is 363 Å². The second-order valence-corrected chi connectivity index (χ2v) is 17.6. The number of benzene rings is 2. The van der Waals surface area contributed by atoms with Crippen LogP contribution < -0.4 is 26.6 Å². The maximum Gasteiger partial charge on any atom is 0.160 e. The molecule has 4 aromatic heterocycles. The van der Waals surface area contributed by atoms with Crippen molar-refractivity contribution in [3.63, 3.8) is 0 Å². The minimum Gasteiger partial charge on any atom is -0.507 e. The first-order valence-corrected chi connectivity index (χ1v) is 21.7. The molecule has 1 aliphatic carbocycles. The number of phenols is 1. The summed E-state index contributed by atoms with van der Waals surface area (Å²) in [6.45, 7) is 14.9. The number of phenolic OH excluding ortho intramolecular Hbond substituents is 1. The van der Waals surface area contributed by atoms with E-state index >= 15 is 0 Å². The summed E-state index contributed by atoms with van der Waals surface area (Å²) >= 11 is 0. The Morgan fingerprint density at radius 1 is 0.758 bits per heavy atom. The fourth-order valence-electron chi connectivity index (χ4n) is 8.85. The van der Waals surface area contributed by atoms with Crippen LogP contribution in [0.25, 0.3) is 44.6 Å². The van der Waals surface area contributed by atoms with E-state index in [1.807, 2.05) is 37.5 Å². The van der Waals surface area contributed by atoms with Crippen LogP contribution in [-0.2, 0) is 0 Å². The molecule has 4 unspecified atom stereocenters. The number of rotatable bonds is 7. The van der Waals surface area contributed by atoms with E-state index < -0.39 is 5.82 Å². The van der Waals surface area contributed by atoms with Crippen molar-refractivity contribution in [3.8, 4) is 28.3 Å². The lowest BCUT2D eigenvalue weighted by atomic mass is 9.88. The second kappa shape index (κ2) is 17.6. The van der Waals surface area contributed by atoms with Gasteiger partial charge in [-0.3, -0.25) is 9.98 Å². The van der Waals surface area contributed by atoms with E-state index in [-0.39, 0.29) is 11.4 Å². The lowest BCUT2D eigenvalue weighted by molar-refractivity contribution is 0.324. The molecule has 322 valence electrons. The number of aromatic nitrogens is 4. The molecule has 2 aromatic carbocycles. The molecule has 2 saturated heterocycles. The zero-order chi connectivity index (χ0) is 43.8. The number of hydrogen-bond donors (Lipinski definition) is 4. The first kappa shape index (κ1) is 42.5. The standard InChI is InChI=1S/C26H32N6O.C23H26FN5/c1-14-12-32(13-15(2)30-14)19-8-21-20(17-5-6-17)9-23(31-26(21)29-11-19)22-7-18(10-28-4)24(27)16(3)25(22)33;1-14-6-7-29(13-15(14)2)19-9-16-4-5-21(28-23(16)27-12-19)17-8-18(11-26-3)22(25)20(24)10-17/h7-11,14-15,17,30,33H,5-6,12-13,27H2,1-4H3;4-5,8-12,14-15H,6-7,13,25H2,1-3H3. The van der Waals surface area contributed by atoms with Crippen LogP contribution in [0.4, 0.5) is 27.1 Å². The van der Waals surface area contributed by atoms with Gasteiger partial charge >= 0.3 is 0 Å². The highest BCUT2D eigenvalue weighted by Crippen LogP contribution is 2.46. The van der Waals surface area contributed by atoms with E-state index in [0.717, 1.165) is 65.5 Å². The number of halogens is 1. The van der Waals surface area contributed by atoms with Gasteiger partial charge in [0.25, 0.3) is 0 Å². The average Bonchev–Trinajstić information content (AvgIpc) is 4.11. The third-order valence-electron chi connectivity index (χ3n) is 12.7. The zero-order valence-corrected chi connectivity index (χ0v) is 36.8. The van der Waals surface area contributed by atoms with Crippen LogP contribution in [0.15, 0.2) is 70.9 Å². The maximum atomic E-state index is 14.2. The van der Waals surface area contributed by atoms with Crippen LogP contribution in [0.2, 0.25) is 0 Å². The van der Waals surface area contributed by atoms with Gasteiger partial charge in [0.15, 0.2) is 11.3 Å². The summed E-state index contributed by atoms with van der Waals surface area (Å²) in [5.74, 6) is 1.62. The molecule has 0 spiro atoms. The monoisotopic (exact) mass is 835 g/mol. The highest BCUT2D eigenvalue weighted by molar-refractivity contribution is 5.94. The fraction of sp³-hybridized carbons (Fsp3) is 0.388. The smallest absolute Gasteiger partial charge is 0.160 e. The number of aliphatic imine (C=N–C) groups is 2. The number of piperazine rings is 1. The van der Waals surface area contributed by atoms with Crippen molar-refractivity contribution < 1.29 is 9.50 Å². The molecule has 1 saturated carbocycles. The number of nitrogen functional groups attached to an aromatic ring is 2. The molecule has 13 heteroatoms. The van der Waals surface area contributed by atoms with Crippen LogP contribution in [-0.4, -0.2) is 89.8 Å². The molecule has 0 amide bonds. The topological polar surface area (TPSA) is 167 Å². The van der Waals surface area contributed by atoms with Crippen molar-refractivity contribution >= 4 is 57.2 Å². The number of pyridine rings is 4. The Hall–Kier alpha value is -6.21. The minimum absolute atomic E-state index is 0.0907. The summed E-state index contributed by atoms with van der Waals surface area (Å²) < 4.78 is 14.2. The van der Waals surface area contributed by atoms with Crippen LogP contribution in [0.1, 0.15) is 75.1 Å². The Morgan fingerprint density at radius 2 is 1.42 bits per heavy atom. The molecule has 6 N–H and O–H groups in total. The predicted octanol–water partition coefficient (Wildman–Crippen LogP) is 8.55. The van der Waals surface area contributed by atoms with E-state index in [2.05, 4.69) is 81.0 Å². The molecule has 62 heavy (non-hydrogen) atoms. The summed E-state index contributed by atoms with van der Waals surface area (Å²) in [5, 5.41) is 16.6. The Morgan fingerprint density at radius 3 is 2.10 bits per heavy atom. The van der Waals surface area contributed by atoms with Crippen LogP contribution in [0, 0.1) is 24.6 Å². The van der Waals surface area contributed by atoms with Crippen LogP contribution in [0.5, 0.6) is 5.75 Å². The van der Waals surface area contributed by atoms with Gasteiger partial charge in [0.2, 0.25) is 0 Å². The van der Waals surface area contributed by atoms with Gasteiger partial charge in [0.05, 0.1) is 40.8 Å². The number of aromatic hydroxyl groups is 1. The first-order valence-electron chi connectivity index (χ1n) is 21.7. The normalized spacial score (nSPS) is 20.6. The van der Waals surface area contributed by atoms with Gasteiger partial charge in [-0.1, -0.05) is 13.8 Å². The van der Waals surface area contributed by atoms with Gasteiger partial charge in [-0.2, -0.15) is 0 Å². The van der Waals surface area contributed by atoms with Crippen molar-refractivity contribution in [1.29, 1.82) is 0 Å². The highest BCUT2D eigenvalue weighted by atomic mass is 19.1. The van der Waals surface area contributed by atoms with E-state index in [1.54, 1.807) is 32.6 Å². The predicted molar refractivity (Wildman–Crippen MR) is 254 cm³/mol. The molecule has 4 atom stereocenters. The summed E-state index contributed by atoms with van der Waals surface area (Å²) in [5.41, 5.74) is 22.2. The van der Waals surface area contributed by atoms with Gasteiger partial charge < -0.3 is 31.7 Å². The molecule has 12 nitrogen and oxygen atoms in total. The van der Waals surface area contributed by atoms with Crippen molar-refractivity contribution in [2.24, 2.45) is 21.8 Å². The molecular weight excluding hydrogens is 778 g/mol. The first-order chi connectivity index (χ1) is 29.8. The summed E-state index contributed by atoms with van der Waals surface area (Å²) in [7, 11) is 3.34. The second-order valence-electron chi connectivity index (χ2n) is 17.6. The quantitative estimate of drug-likeness (QED) is 0.0904. The summed E-state index contributed by atoms with van der Waals surface area (Å²) in [4.78, 5) is 31.8. The molecule has 9 rings (SSSR count). The highest BCUT2D eigenvalue weighted by Gasteiger charge is 2.29. The van der Waals surface area contributed by atoms with E-state index in [4.69, 9.17) is 21.4 Å². The Kier molecular flexibility index (Phi) is 12.1. The molecule has 3 aliphatic rings. The Bertz CT molecular complexity index is 2690. The maximum absolute atomic E-state index is 14.2. The van der Waals surface area contributed by atoms with Crippen LogP contribution in [0.3, 0.4) is 0 Å². The largest absolute Gasteiger partial charge is 0.507 e. The number of piperidine rings is 1. The number of hydrogen-bond acceptors (Lipinski definition) is 12. The number of fused-ring (bicyclic) bond motifs is 2. The van der Waals surface area contributed by atoms with Crippen molar-refractivity contribution in [2.75, 3.05) is 61.5 Å². The van der Waals surface area contributed by atoms with Gasteiger partial charge in [0.1, 0.15) is 11.6 Å². The summed E-state index contributed by atoms with van der Waals surface area (Å²) in [6.07, 6.45) is 10.6. The molecular formula is C49H58FN11O. The van der Waals surface area contributed by atoms with Crippen molar-refractivity contribution in [3.05, 3.63) is 89.0 Å². The SMILES string of the molecule is CN=Cc1cc(-c2cc(C3CC3)c3cc(N4CC(C)NC(C)C4)cnc3n2)c(O)c(C)c1N.CN=Cc1cc(-c2ccc3cc(N4CCC(C)C(C)C4)cnc3n2)cc(F)c1N. The number of anilines is 4. The lowest BCUT2D eigenvalue weighted by Crippen LogP contribution is -2.54. The molecule has 2 aliphatic heterocycles. The molecule has 6 aromatic rings. The molecule has 6 heterocycles. The van der Waals surface area contributed by atoms with E-state index in [1.165, 1.54) is 30.9 Å². The molecule has 0 bridgehead atoms. The number of nitrogens with zero attached hydrogens (tertiary/aromatic N) is 8. The van der Waals surface area contributed by atoms with E-state index in [9.17, 15) is 9.50 Å². The van der Waals surface area contributed by atoms with Crippen molar-refractivity contribution in [1.82, 2.24) is 25.3 Å². The third-order valence-corrected chi connectivity index (χ3v) is 12.7. The number of nitrogens with two attached hydrogens (primary N) is 2. The lowest BCUT2D eigenvalue weighted by Gasteiger charge is -2.37. The number of nitrogens with one attached hydrogen (secondary N) is 1. The Balaban J connectivity index is 0.000000172. The third kappa shape index (κ3) is 8.76. The average molecular weight is 836 g/mol. The summed E-state index contributed by atoms with van der Waals surface area (Å²) in [6, 6.07) is 16.3. The fourth-order valence-corrected chi connectivity index (χ4v) is 8.85.